The summed E-state index contributed by atoms with van der Waals surface area (Å²) in [4.78, 5) is 13.5. The molecule has 0 aromatic rings. The van der Waals surface area contributed by atoms with Gasteiger partial charge in [0.25, 0.3) is 0 Å². The number of ether oxygens (including phenoxy) is 1. The number of aliphatic hydroxyl groups is 1. The largest absolute Gasteiger partial charge is 0.389 e. The highest BCUT2D eigenvalue weighted by Crippen LogP contribution is 2.21. The van der Waals surface area contributed by atoms with Crippen molar-refractivity contribution in [3.8, 4) is 0 Å². The standard InChI is InChI=1S/C14H28N2O3/c1-14(2,3)16(13(18)15-4)9-11(17)10-19-12-7-5-6-8-12/h11-12,17H,5-10H2,1-4H3,(H,15,18). The molecule has 1 saturated carbocycles. The van der Waals surface area contributed by atoms with Crippen LogP contribution < -0.4 is 5.32 Å². The van der Waals surface area contributed by atoms with Gasteiger partial charge in [0.15, 0.2) is 0 Å². The van der Waals surface area contributed by atoms with Crippen LogP contribution in [0.3, 0.4) is 0 Å². The molecule has 2 amide bonds. The van der Waals surface area contributed by atoms with E-state index in [0.717, 1.165) is 12.8 Å². The van der Waals surface area contributed by atoms with Crippen molar-refractivity contribution in [3.05, 3.63) is 0 Å². The molecule has 19 heavy (non-hydrogen) atoms. The molecule has 1 aliphatic carbocycles. The van der Waals surface area contributed by atoms with Gasteiger partial charge in [-0.1, -0.05) is 12.8 Å². The lowest BCUT2D eigenvalue weighted by Gasteiger charge is -2.36. The van der Waals surface area contributed by atoms with E-state index < -0.39 is 6.10 Å². The third-order valence-corrected chi connectivity index (χ3v) is 3.49. The van der Waals surface area contributed by atoms with E-state index in [0.29, 0.717) is 6.61 Å². The molecule has 0 aromatic carbocycles. The molecule has 0 aliphatic heterocycles. The Hall–Kier alpha value is -0.810. The number of nitrogens with one attached hydrogen (secondary N) is 1. The Kier molecular flexibility index (Phi) is 6.07. The Morgan fingerprint density at radius 2 is 2.00 bits per heavy atom. The number of amides is 2. The maximum absolute atomic E-state index is 11.8. The molecule has 0 heterocycles. The van der Waals surface area contributed by atoms with Crippen LogP contribution in [0.4, 0.5) is 4.79 Å². The fraction of sp³-hybridized carbons (Fsp3) is 0.929. The molecule has 0 spiro atoms. The zero-order valence-corrected chi connectivity index (χ0v) is 12.6. The first-order chi connectivity index (χ1) is 8.84. The number of nitrogens with zero attached hydrogens (tertiary/aromatic N) is 1. The molecular formula is C14H28N2O3. The number of β-amino-alcohol motifs (C(OH)–C–C–N with tert-alkyl or cyclic N) is 1. The summed E-state index contributed by atoms with van der Waals surface area (Å²) in [7, 11) is 1.60. The van der Waals surface area contributed by atoms with E-state index in [4.69, 9.17) is 4.74 Å². The minimum Gasteiger partial charge on any atom is -0.389 e. The van der Waals surface area contributed by atoms with Crippen molar-refractivity contribution >= 4 is 6.03 Å². The van der Waals surface area contributed by atoms with Crippen LogP contribution in [0.2, 0.25) is 0 Å². The molecule has 1 unspecified atom stereocenters. The summed E-state index contributed by atoms with van der Waals surface area (Å²) in [6.07, 6.45) is 4.26. The maximum atomic E-state index is 11.8. The number of hydrogen-bond acceptors (Lipinski definition) is 3. The zero-order valence-electron chi connectivity index (χ0n) is 12.6. The average Bonchev–Trinajstić information content (AvgIpc) is 2.84. The third-order valence-electron chi connectivity index (χ3n) is 3.49. The Morgan fingerprint density at radius 1 is 1.42 bits per heavy atom. The smallest absolute Gasteiger partial charge is 0.317 e. The van der Waals surface area contributed by atoms with Crippen LogP contribution in [0.15, 0.2) is 0 Å². The fourth-order valence-electron chi connectivity index (χ4n) is 2.36. The predicted octanol–water partition coefficient (Wildman–Crippen LogP) is 1.75. The van der Waals surface area contributed by atoms with Gasteiger partial charge < -0.3 is 20.1 Å². The first kappa shape index (κ1) is 16.2. The molecular weight excluding hydrogens is 244 g/mol. The Morgan fingerprint density at radius 3 is 2.47 bits per heavy atom. The maximum Gasteiger partial charge on any atom is 0.317 e. The van der Waals surface area contributed by atoms with Crippen LogP contribution in [0.5, 0.6) is 0 Å². The zero-order chi connectivity index (χ0) is 14.5. The highest BCUT2D eigenvalue weighted by atomic mass is 16.5. The number of carbonyl (C=O) groups excluding carboxylic acids is 1. The fourth-order valence-corrected chi connectivity index (χ4v) is 2.36. The SMILES string of the molecule is CNC(=O)N(CC(O)COC1CCCC1)C(C)(C)C. The lowest BCUT2D eigenvalue weighted by molar-refractivity contribution is -0.0217. The van der Waals surface area contributed by atoms with E-state index >= 15 is 0 Å². The van der Waals surface area contributed by atoms with Crippen molar-refractivity contribution in [2.75, 3.05) is 20.2 Å². The van der Waals surface area contributed by atoms with Crippen LogP contribution in [-0.2, 0) is 4.74 Å². The minimum absolute atomic E-state index is 0.174. The molecule has 112 valence electrons. The average molecular weight is 272 g/mol. The summed E-state index contributed by atoms with van der Waals surface area (Å²) >= 11 is 0. The van der Waals surface area contributed by atoms with Gasteiger partial charge in [-0.3, -0.25) is 0 Å². The van der Waals surface area contributed by atoms with Crippen molar-refractivity contribution in [2.45, 2.75) is 64.2 Å². The second-order valence-corrected chi connectivity index (χ2v) is 6.23. The molecule has 0 saturated heterocycles. The molecule has 1 rings (SSSR count). The first-order valence-electron chi connectivity index (χ1n) is 7.13. The number of urea groups is 1. The van der Waals surface area contributed by atoms with Crippen LogP contribution in [0.1, 0.15) is 46.5 Å². The summed E-state index contributed by atoms with van der Waals surface area (Å²) in [6.45, 7) is 6.44. The molecule has 1 fully saturated rings. The van der Waals surface area contributed by atoms with Gasteiger partial charge >= 0.3 is 6.03 Å². The van der Waals surface area contributed by atoms with Gasteiger partial charge in [-0.2, -0.15) is 0 Å². The van der Waals surface area contributed by atoms with Crippen LogP contribution in [0.25, 0.3) is 0 Å². The van der Waals surface area contributed by atoms with Crippen molar-refractivity contribution in [3.63, 3.8) is 0 Å². The van der Waals surface area contributed by atoms with Gasteiger partial charge in [0.1, 0.15) is 0 Å². The van der Waals surface area contributed by atoms with E-state index in [-0.39, 0.29) is 24.2 Å². The monoisotopic (exact) mass is 272 g/mol. The van der Waals surface area contributed by atoms with Crippen molar-refractivity contribution < 1.29 is 14.6 Å². The minimum atomic E-state index is -0.642. The molecule has 5 nitrogen and oxygen atoms in total. The van der Waals surface area contributed by atoms with E-state index in [1.165, 1.54) is 12.8 Å². The number of rotatable bonds is 5. The predicted molar refractivity (Wildman–Crippen MR) is 75.1 cm³/mol. The quantitative estimate of drug-likeness (QED) is 0.801. The highest BCUT2D eigenvalue weighted by Gasteiger charge is 2.28. The number of carbonyl (C=O) groups is 1. The molecule has 0 radical (unpaired) electrons. The van der Waals surface area contributed by atoms with Crippen LogP contribution >= 0.6 is 0 Å². The molecule has 0 aromatic heterocycles. The number of aliphatic hydroxyl groups excluding tert-OH is 1. The summed E-state index contributed by atoms with van der Waals surface area (Å²) < 4.78 is 5.68. The molecule has 2 N–H and O–H groups in total. The van der Waals surface area contributed by atoms with Crippen molar-refractivity contribution in [2.24, 2.45) is 0 Å². The normalized spacial score (nSPS) is 18.4. The first-order valence-corrected chi connectivity index (χ1v) is 7.13. The molecule has 0 bridgehead atoms. The number of hydrogen-bond donors (Lipinski definition) is 2. The highest BCUT2D eigenvalue weighted by molar-refractivity contribution is 5.74. The van der Waals surface area contributed by atoms with Crippen LogP contribution in [-0.4, -0.2) is 54.0 Å². The molecule has 1 aliphatic rings. The topological polar surface area (TPSA) is 61.8 Å². The lowest BCUT2D eigenvalue weighted by Crippen LogP contribution is -2.53. The molecule has 1 atom stereocenters. The summed E-state index contributed by atoms with van der Waals surface area (Å²) in [5.41, 5.74) is -0.325. The van der Waals surface area contributed by atoms with Gasteiger partial charge in [-0.25, -0.2) is 4.79 Å². The summed E-state index contributed by atoms with van der Waals surface area (Å²) in [5.74, 6) is 0. The summed E-state index contributed by atoms with van der Waals surface area (Å²) in [5, 5.41) is 12.7. The Balaban J connectivity index is 2.41. The Bertz CT molecular complexity index is 283. The second kappa shape index (κ2) is 7.10. The van der Waals surface area contributed by atoms with Gasteiger partial charge in [0.05, 0.1) is 25.4 Å². The van der Waals surface area contributed by atoms with E-state index in [1.54, 1.807) is 11.9 Å². The lowest BCUT2D eigenvalue weighted by atomic mass is 10.1. The van der Waals surface area contributed by atoms with Crippen molar-refractivity contribution in [1.82, 2.24) is 10.2 Å². The van der Waals surface area contributed by atoms with Gasteiger partial charge in [-0.05, 0) is 33.6 Å². The third kappa shape index (κ3) is 5.37. The van der Waals surface area contributed by atoms with E-state index in [1.807, 2.05) is 20.8 Å². The summed E-state index contributed by atoms with van der Waals surface area (Å²) in [6, 6.07) is -0.174. The van der Waals surface area contributed by atoms with Gasteiger partial charge in [0, 0.05) is 12.6 Å². The van der Waals surface area contributed by atoms with Gasteiger partial charge in [0.2, 0.25) is 0 Å². The van der Waals surface area contributed by atoms with Crippen molar-refractivity contribution in [1.29, 1.82) is 0 Å². The second-order valence-electron chi connectivity index (χ2n) is 6.23. The van der Waals surface area contributed by atoms with Crippen LogP contribution in [0, 0.1) is 0 Å². The Labute approximate surface area is 116 Å². The van der Waals surface area contributed by atoms with E-state index in [2.05, 4.69) is 5.32 Å². The van der Waals surface area contributed by atoms with Gasteiger partial charge in [-0.15, -0.1) is 0 Å². The van der Waals surface area contributed by atoms with E-state index in [9.17, 15) is 9.90 Å². The molecule has 5 heteroatoms.